The van der Waals surface area contributed by atoms with Crippen molar-refractivity contribution in [2.24, 2.45) is 5.92 Å². The van der Waals surface area contributed by atoms with Crippen LogP contribution in [0, 0.1) is 5.92 Å². The molecule has 1 aliphatic rings. The standard InChI is InChI=1S/C21H19NO4S/c23-12-11-15-3-5-18(6-4-15)25-20-13-22-21(27-20)26-19-9-7-17(8-10-19)24-14-16-1-2-16/h3-10,12-13,16H,1-2,11,14H2. The molecule has 0 radical (unpaired) electrons. The Balaban J connectivity index is 1.32. The van der Waals surface area contributed by atoms with Gasteiger partial charge >= 0.3 is 0 Å². The Kier molecular flexibility index (Phi) is 5.34. The van der Waals surface area contributed by atoms with Crippen molar-refractivity contribution in [3.8, 4) is 27.5 Å². The van der Waals surface area contributed by atoms with Crippen LogP contribution in [0.15, 0.2) is 54.7 Å². The predicted octanol–water partition coefficient (Wildman–Crippen LogP) is 5.26. The van der Waals surface area contributed by atoms with Gasteiger partial charge in [-0.05, 0) is 72.1 Å². The van der Waals surface area contributed by atoms with Crippen molar-refractivity contribution in [1.82, 2.24) is 4.98 Å². The third-order valence-electron chi connectivity index (χ3n) is 4.14. The smallest absolute Gasteiger partial charge is 0.282 e. The van der Waals surface area contributed by atoms with Gasteiger partial charge in [0.1, 0.15) is 23.5 Å². The van der Waals surface area contributed by atoms with Crippen LogP contribution in [-0.4, -0.2) is 17.9 Å². The summed E-state index contributed by atoms with van der Waals surface area (Å²) in [5.41, 5.74) is 0.954. The molecule has 1 aliphatic carbocycles. The molecule has 3 aromatic rings. The van der Waals surface area contributed by atoms with E-state index >= 15 is 0 Å². The largest absolute Gasteiger partial charge is 0.493 e. The highest BCUT2D eigenvalue weighted by Crippen LogP contribution is 2.35. The molecule has 5 nitrogen and oxygen atoms in total. The van der Waals surface area contributed by atoms with E-state index in [1.54, 1.807) is 6.20 Å². The highest BCUT2D eigenvalue weighted by molar-refractivity contribution is 7.15. The quantitative estimate of drug-likeness (QED) is 0.473. The Morgan fingerprint density at radius 1 is 0.963 bits per heavy atom. The summed E-state index contributed by atoms with van der Waals surface area (Å²) >= 11 is 1.32. The Morgan fingerprint density at radius 2 is 1.63 bits per heavy atom. The number of carbonyl (C=O) groups is 1. The number of benzene rings is 2. The average molecular weight is 381 g/mol. The first kappa shape index (κ1) is 17.5. The fraction of sp³-hybridized carbons (Fsp3) is 0.238. The van der Waals surface area contributed by atoms with Gasteiger partial charge in [-0.3, -0.25) is 0 Å². The molecule has 4 rings (SSSR count). The van der Waals surface area contributed by atoms with Crippen LogP contribution >= 0.6 is 11.3 Å². The molecule has 0 spiro atoms. The van der Waals surface area contributed by atoms with Crippen LogP contribution in [-0.2, 0) is 11.2 Å². The van der Waals surface area contributed by atoms with Gasteiger partial charge in [-0.25, -0.2) is 4.98 Å². The molecule has 0 amide bonds. The molecule has 0 atom stereocenters. The van der Waals surface area contributed by atoms with Gasteiger partial charge in [0, 0.05) is 6.42 Å². The maximum absolute atomic E-state index is 10.5. The topological polar surface area (TPSA) is 57.7 Å². The van der Waals surface area contributed by atoms with Crippen molar-refractivity contribution >= 4 is 17.6 Å². The van der Waals surface area contributed by atoms with Gasteiger partial charge in [0.05, 0.1) is 12.8 Å². The van der Waals surface area contributed by atoms with E-state index < -0.39 is 0 Å². The minimum absolute atomic E-state index is 0.406. The van der Waals surface area contributed by atoms with E-state index in [1.165, 1.54) is 24.2 Å². The average Bonchev–Trinajstić information content (AvgIpc) is 3.42. The Morgan fingerprint density at radius 3 is 2.33 bits per heavy atom. The number of ether oxygens (including phenoxy) is 3. The molecule has 1 saturated carbocycles. The number of aromatic nitrogens is 1. The van der Waals surface area contributed by atoms with Crippen LogP contribution in [0.1, 0.15) is 18.4 Å². The third-order valence-corrected chi connectivity index (χ3v) is 4.89. The summed E-state index contributed by atoms with van der Waals surface area (Å²) in [7, 11) is 0. The van der Waals surface area contributed by atoms with E-state index in [2.05, 4.69) is 4.98 Å². The Labute approximate surface area is 161 Å². The Hall–Kier alpha value is -2.86. The minimum Gasteiger partial charge on any atom is -0.493 e. The van der Waals surface area contributed by atoms with Crippen molar-refractivity contribution in [2.75, 3.05) is 6.61 Å². The van der Waals surface area contributed by atoms with Crippen LogP contribution in [0.3, 0.4) is 0 Å². The Bertz CT molecular complexity index is 885. The summed E-state index contributed by atoms with van der Waals surface area (Å²) < 4.78 is 17.3. The maximum atomic E-state index is 10.5. The second kappa shape index (κ2) is 8.22. The lowest BCUT2D eigenvalue weighted by molar-refractivity contribution is -0.107. The zero-order valence-electron chi connectivity index (χ0n) is 14.7. The minimum atomic E-state index is 0.406. The SMILES string of the molecule is O=CCc1ccc(Oc2cnc(Oc3ccc(OCC4CC4)cc3)s2)cc1. The number of hydrogen-bond donors (Lipinski definition) is 0. The number of carbonyl (C=O) groups excluding carboxylic acids is 1. The van der Waals surface area contributed by atoms with E-state index in [9.17, 15) is 4.79 Å². The molecule has 2 aromatic carbocycles. The van der Waals surface area contributed by atoms with Gasteiger partial charge in [0.15, 0.2) is 0 Å². The molecule has 27 heavy (non-hydrogen) atoms. The molecule has 1 fully saturated rings. The van der Waals surface area contributed by atoms with Gasteiger partial charge in [0.25, 0.3) is 5.19 Å². The van der Waals surface area contributed by atoms with Gasteiger partial charge < -0.3 is 19.0 Å². The van der Waals surface area contributed by atoms with E-state index in [1.807, 2.05) is 48.5 Å². The second-order valence-corrected chi connectivity index (χ2v) is 7.35. The van der Waals surface area contributed by atoms with Gasteiger partial charge in [0.2, 0.25) is 5.06 Å². The van der Waals surface area contributed by atoms with Crippen molar-refractivity contribution in [3.05, 3.63) is 60.3 Å². The predicted molar refractivity (Wildman–Crippen MR) is 103 cm³/mol. The van der Waals surface area contributed by atoms with E-state index in [0.717, 1.165) is 30.1 Å². The molecule has 0 N–H and O–H groups in total. The molecule has 0 saturated heterocycles. The molecule has 6 heteroatoms. The summed E-state index contributed by atoms with van der Waals surface area (Å²) in [4.78, 5) is 14.8. The van der Waals surface area contributed by atoms with Crippen molar-refractivity contribution < 1.29 is 19.0 Å². The lowest BCUT2D eigenvalue weighted by Gasteiger charge is -2.06. The van der Waals surface area contributed by atoms with Crippen LogP contribution in [0.4, 0.5) is 0 Å². The summed E-state index contributed by atoms with van der Waals surface area (Å²) in [5.74, 6) is 2.98. The van der Waals surface area contributed by atoms with Gasteiger partial charge in [-0.2, -0.15) is 0 Å². The number of aldehydes is 1. The molecular formula is C21H19NO4S. The van der Waals surface area contributed by atoms with Crippen LogP contribution in [0.2, 0.25) is 0 Å². The molecule has 1 aromatic heterocycles. The second-order valence-electron chi connectivity index (χ2n) is 6.39. The number of rotatable bonds is 9. The van der Waals surface area contributed by atoms with Crippen LogP contribution in [0.5, 0.6) is 27.5 Å². The van der Waals surface area contributed by atoms with Crippen LogP contribution < -0.4 is 14.2 Å². The van der Waals surface area contributed by atoms with Crippen molar-refractivity contribution in [2.45, 2.75) is 19.3 Å². The zero-order valence-corrected chi connectivity index (χ0v) is 15.5. The molecule has 138 valence electrons. The lowest BCUT2D eigenvalue weighted by Crippen LogP contribution is -1.98. The zero-order chi connectivity index (χ0) is 18.5. The monoisotopic (exact) mass is 381 g/mol. The molecule has 1 heterocycles. The normalized spacial score (nSPS) is 13.2. The van der Waals surface area contributed by atoms with Crippen molar-refractivity contribution in [1.29, 1.82) is 0 Å². The molecule has 0 aliphatic heterocycles. The van der Waals surface area contributed by atoms with Crippen LogP contribution in [0.25, 0.3) is 0 Å². The first-order valence-electron chi connectivity index (χ1n) is 8.85. The molecule has 0 bridgehead atoms. The summed E-state index contributed by atoms with van der Waals surface area (Å²) in [6.45, 7) is 0.795. The molecule has 0 unspecified atom stereocenters. The summed E-state index contributed by atoms with van der Waals surface area (Å²) in [5, 5.41) is 1.15. The summed E-state index contributed by atoms with van der Waals surface area (Å²) in [6, 6.07) is 15.0. The fourth-order valence-electron chi connectivity index (χ4n) is 2.45. The van der Waals surface area contributed by atoms with E-state index in [0.29, 0.717) is 28.2 Å². The van der Waals surface area contributed by atoms with Gasteiger partial charge in [-0.1, -0.05) is 12.1 Å². The van der Waals surface area contributed by atoms with E-state index in [4.69, 9.17) is 14.2 Å². The highest BCUT2D eigenvalue weighted by Gasteiger charge is 2.21. The third kappa shape index (κ3) is 5.08. The van der Waals surface area contributed by atoms with Gasteiger partial charge in [-0.15, -0.1) is 0 Å². The number of nitrogens with zero attached hydrogens (tertiary/aromatic N) is 1. The summed E-state index contributed by atoms with van der Waals surface area (Å²) in [6.07, 6.45) is 5.47. The van der Waals surface area contributed by atoms with Crippen molar-refractivity contribution in [3.63, 3.8) is 0 Å². The lowest BCUT2D eigenvalue weighted by atomic mass is 10.2. The fourth-order valence-corrected chi connectivity index (χ4v) is 3.11. The number of hydrogen-bond acceptors (Lipinski definition) is 6. The van der Waals surface area contributed by atoms with E-state index in [-0.39, 0.29) is 0 Å². The highest BCUT2D eigenvalue weighted by atomic mass is 32.1. The first-order valence-corrected chi connectivity index (χ1v) is 9.67. The first-order chi connectivity index (χ1) is 13.3. The maximum Gasteiger partial charge on any atom is 0.282 e. The number of thiazole rings is 1. The molecular weight excluding hydrogens is 362 g/mol.